The Bertz CT molecular complexity index is 374. The van der Waals surface area contributed by atoms with Crippen molar-refractivity contribution < 1.29 is 9.47 Å². The Morgan fingerprint density at radius 2 is 2.25 bits per heavy atom. The number of halogens is 1. The summed E-state index contributed by atoms with van der Waals surface area (Å²) >= 11 is 3.41. The summed E-state index contributed by atoms with van der Waals surface area (Å²) in [7, 11) is 1.64. The minimum atomic E-state index is 0.528. The fourth-order valence-electron chi connectivity index (χ4n) is 1.26. The number of alkyl halides is 1. The zero-order valence-electron chi connectivity index (χ0n) is 9.20. The molecule has 4 heteroatoms. The molecule has 0 aliphatic rings. The number of rotatable bonds is 6. The van der Waals surface area contributed by atoms with Crippen molar-refractivity contribution in [3.05, 3.63) is 23.8 Å². The van der Waals surface area contributed by atoms with Crippen LogP contribution in [0.3, 0.4) is 0 Å². The van der Waals surface area contributed by atoms with Crippen LogP contribution in [0.2, 0.25) is 0 Å². The average molecular weight is 284 g/mol. The molecule has 3 nitrogen and oxygen atoms in total. The summed E-state index contributed by atoms with van der Waals surface area (Å²) in [5.74, 6) is 1.66. The molecule has 0 aromatic heterocycles. The summed E-state index contributed by atoms with van der Waals surface area (Å²) in [6.07, 6.45) is 1.28. The maximum absolute atomic E-state index is 8.40. The number of ether oxygens (including phenoxy) is 2. The first kappa shape index (κ1) is 12.9. The van der Waals surface area contributed by atoms with Gasteiger partial charge in [-0.25, -0.2) is 0 Å². The van der Waals surface area contributed by atoms with Crippen LogP contribution in [0.15, 0.2) is 18.2 Å². The molecule has 0 saturated heterocycles. The predicted molar refractivity (Wildman–Crippen MR) is 66.0 cm³/mol. The molecule has 1 aromatic rings. The highest BCUT2D eigenvalue weighted by Gasteiger charge is 2.04. The van der Waals surface area contributed by atoms with E-state index in [-0.39, 0.29) is 0 Å². The summed E-state index contributed by atoms with van der Waals surface area (Å²) in [4.78, 5) is 0. The normalized spacial score (nSPS) is 9.56. The van der Waals surface area contributed by atoms with E-state index in [9.17, 15) is 0 Å². The number of methoxy groups -OCH3 is 1. The van der Waals surface area contributed by atoms with Gasteiger partial charge in [0.15, 0.2) is 0 Å². The molecule has 1 aromatic carbocycles. The highest BCUT2D eigenvalue weighted by atomic mass is 79.9. The topological polar surface area (TPSA) is 42.2 Å². The molecule has 86 valence electrons. The summed E-state index contributed by atoms with van der Waals surface area (Å²) < 4.78 is 10.7. The number of nitriles is 1. The molecule has 0 saturated carbocycles. The minimum Gasteiger partial charge on any atom is -0.497 e. The number of hydrogen-bond acceptors (Lipinski definition) is 3. The molecule has 0 heterocycles. The maximum Gasteiger partial charge on any atom is 0.123 e. The van der Waals surface area contributed by atoms with Gasteiger partial charge in [0.05, 0.1) is 19.8 Å². The van der Waals surface area contributed by atoms with Crippen LogP contribution in [0, 0.1) is 11.3 Å². The monoisotopic (exact) mass is 283 g/mol. The van der Waals surface area contributed by atoms with Gasteiger partial charge in [0.2, 0.25) is 0 Å². The van der Waals surface area contributed by atoms with Gasteiger partial charge in [-0.1, -0.05) is 15.9 Å². The predicted octanol–water partition coefficient (Wildman–Crippen LogP) is 3.27. The zero-order valence-corrected chi connectivity index (χ0v) is 10.8. The van der Waals surface area contributed by atoms with Gasteiger partial charge in [0, 0.05) is 17.3 Å². The third-order valence-electron chi connectivity index (χ3n) is 2.10. The van der Waals surface area contributed by atoms with Gasteiger partial charge in [-0.15, -0.1) is 0 Å². The molecule has 16 heavy (non-hydrogen) atoms. The van der Waals surface area contributed by atoms with E-state index in [2.05, 4.69) is 22.0 Å². The van der Waals surface area contributed by atoms with Crippen molar-refractivity contribution in [1.29, 1.82) is 5.26 Å². The highest BCUT2D eigenvalue weighted by molar-refractivity contribution is 9.08. The summed E-state index contributed by atoms with van der Waals surface area (Å²) in [6.45, 7) is 0.569. The van der Waals surface area contributed by atoms with E-state index in [1.165, 1.54) is 0 Å². The van der Waals surface area contributed by atoms with E-state index in [1.54, 1.807) is 7.11 Å². The van der Waals surface area contributed by atoms with Crippen molar-refractivity contribution in [3.63, 3.8) is 0 Å². The van der Waals surface area contributed by atoms with Gasteiger partial charge in [-0.3, -0.25) is 0 Å². The van der Waals surface area contributed by atoms with Crippen molar-refractivity contribution >= 4 is 15.9 Å². The lowest BCUT2D eigenvalue weighted by Gasteiger charge is -2.10. The maximum atomic E-state index is 8.40. The molecule has 0 radical (unpaired) electrons. The smallest absolute Gasteiger partial charge is 0.123 e. The number of hydrogen-bond donors (Lipinski definition) is 0. The van der Waals surface area contributed by atoms with Crippen molar-refractivity contribution in [3.8, 4) is 17.6 Å². The van der Waals surface area contributed by atoms with Crippen LogP contribution >= 0.6 is 15.9 Å². The fraction of sp³-hybridized carbons (Fsp3) is 0.417. The van der Waals surface area contributed by atoms with E-state index < -0.39 is 0 Å². The van der Waals surface area contributed by atoms with Crippen molar-refractivity contribution in [2.45, 2.75) is 18.2 Å². The second kappa shape index (κ2) is 7.13. The first-order valence-corrected chi connectivity index (χ1v) is 6.16. The first-order chi connectivity index (χ1) is 7.81. The van der Waals surface area contributed by atoms with Gasteiger partial charge < -0.3 is 9.47 Å². The van der Waals surface area contributed by atoms with Crippen LogP contribution in [0.4, 0.5) is 0 Å². The number of nitrogens with zero attached hydrogens (tertiary/aromatic N) is 1. The number of unbranched alkanes of at least 4 members (excludes halogenated alkanes) is 1. The van der Waals surface area contributed by atoms with E-state index in [0.29, 0.717) is 13.0 Å². The van der Waals surface area contributed by atoms with Crippen LogP contribution in [-0.4, -0.2) is 13.7 Å². The number of benzene rings is 1. The van der Waals surface area contributed by atoms with E-state index in [1.807, 2.05) is 18.2 Å². The molecule has 0 N–H and O–H groups in total. The molecule has 0 aliphatic heterocycles. The van der Waals surface area contributed by atoms with Gasteiger partial charge in [0.25, 0.3) is 0 Å². The highest BCUT2D eigenvalue weighted by Crippen LogP contribution is 2.26. The Kier molecular flexibility index (Phi) is 5.73. The van der Waals surface area contributed by atoms with E-state index in [0.717, 1.165) is 28.8 Å². The molecular formula is C12H14BrNO2. The van der Waals surface area contributed by atoms with E-state index >= 15 is 0 Å². The van der Waals surface area contributed by atoms with Crippen LogP contribution in [-0.2, 0) is 5.33 Å². The summed E-state index contributed by atoms with van der Waals surface area (Å²) in [5, 5.41) is 9.12. The average Bonchev–Trinajstić information content (AvgIpc) is 2.34. The largest absolute Gasteiger partial charge is 0.497 e. The molecule has 0 unspecified atom stereocenters. The Balaban J connectivity index is 2.61. The SMILES string of the molecule is COc1ccc(OCCCC#N)c(CBr)c1. The lowest BCUT2D eigenvalue weighted by molar-refractivity contribution is 0.309. The summed E-state index contributed by atoms with van der Waals surface area (Å²) in [5.41, 5.74) is 1.05. The molecule has 0 atom stereocenters. The van der Waals surface area contributed by atoms with Gasteiger partial charge in [-0.2, -0.15) is 5.26 Å². The van der Waals surface area contributed by atoms with Crippen LogP contribution < -0.4 is 9.47 Å². The van der Waals surface area contributed by atoms with Crippen LogP contribution in [0.1, 0.15) is 18.4 Å². The molecule has 1 rings (SSSR count). The lowest BCUT2D eigenvalue weighted by atomic mass is 10.2. The molecule has 0 aliphatic carbocycles. The van der Waals surface area contributed by atoms with Crippen molar-refractivity contribution in [1.82, 2.24) is 0 Å². The van der Waals surface area contributed by atoms with Crippen LogP contribution in [0.25, 0.3) is 0 Å². The second-order valence-electron chi connectivity index (χ2n) is 3.22. The molecule has 0 spiro atoms. The molecule has 0 amide bonds. The third kappa shape index (κ3) is 3.74. The van der Waals surface area contributed by atoms with Crippen LogP contribution in [0.5, 0.6) is 11.5 Å². The van der Waals surface area contributed by atoms with Crippen molar-refractivity contribution in [2.24, 2.45) is 0 Å². The van der Waals surface area contributed by atoms with Gasteiger partial charge >= 0.3 is 0 Å². The molecule has 0 bridgehead atoms. The van der Waals surface area contributed by atoms with E-state index in [4.69, 9.17) is 14.7 Å². The third-order valence-corrected chi connectivity index (χ3v) is 2.71. The fourth-order valence-corrected chi connectivity index (χ4v) is 1.70. The Morgan fingerprint density at radius 1 is 1.44 bits per heavy atom. The molecular weight excluding hydrogens is 270 g/mol. The second-order valence-corrected chi connectivity index (χ2v) is 3.78. The Hall–Kier alpha value is -1.21. The summed E-state index contributed by atoms with van der Waals surface area (Å²) in [6, 6.07) is 7.79. The quantitative estimate of drug-likeness (QED) is 0.594. The Labute approximate surface area is 104 Å². The standard InChI is InChI=1S/C12H14BrNO2/c1-15-11-4-5-12(10(8-11)9-13)16-7-3-2-6-14/h4-5,8H,2-3,7,9H2,1H3. The molecule has 0 fully saturated rings. The minimum absolute atomic E-state index is 0.528. The van der Waals surface area contributed by atoms with Gasteiger partial charge in [-0.05, 0) is 24.6 Å². The van der Waals surface area contributed by atoms with Gasteiger partial charge in [0.1, 0.15) is 11.5 Å². The first-order valence-electron chi connectivity index (χ1n) is 5.04. The lowest BCUT2D eigenvalue weighted by Crippen LogP contribution is -1.99. The van der Waals surface area contributed by atoms with Crippen molar-refractivity contribution in [2.75, 3.05) is 13.7 Å². The zero-order chi connectivity index (χ0) is 11.8. The Morgan fingerprint density at radius 3 is 2.88 bits per heavy atom.